The van der Waals surface area contributed by atoms with Crippen LogP contribution in [0.4, 0.5) is 10.1 Å². The van der Waals surface area contributed by atoms with Crippen LogP contribution in [0.25, 0.3) is 10.6 Å². The first-order valence-corrected chi connectivity index (χ1v) is 7.72. The number of benzene rings is 1. The van der Waals surface area contributed by atoms with Gasteiger partial charge in [0.25, 0.3) is 0 Å². The number of nitrogens with zero attached hydrogens (tertiary/aromatic N) is 4. The Labute approximate surface area is 135 Å². The number of hydrogen-bond acceptors (Lipinski definition) is 5. The smallest absolute Gasteiger partial charge is 0.258 e. The second-order valence-electron chi connectivity index (χ2n) is 5.09. The fourth-order valence-corrected chi connectivity index (χ4v) is 3.18. The molecule has 8 heteroatoms. The van der Waals surface area contributed by atoms with Gasteiger partial charge in [0, 0.05) is 10.9 Å². The monoisotopic (exact) mass is 332 g/mol. The Morgan fingerprint density at radius 2 is 2.00 bits per heavy atom. The summed E-state index contributed by atoms with van der Waals surface area (Å²) >= 11 is 1.44. The normalized spacial score (nSPS) is 10.9. The van der Waals surface area contributed by atoms with E-state index in [4.69, 9.17) is 0 Å². The molecule has 0 radical (unpaired) electrons. The lowest BCUT2D eigenvalue weighted by Crippen LogP contribution is -2.04. The highest BCUT2D eigenvalue weighted by Gasteiger charge is 2.22. The molecule has 0 spiro atoms. The lowest BCUT2D eigenvalue weighted by atomic mass is 10.2. The molecule has 0 aliphatic heterocycles. The summed E-state index contributed by atoms with van der Waals surface area (Å²) in [6.45, 7) is 3.65. The van der Waals surface area contributed by atoms with Crippen molar-refractivity contribution in [2.45, 2.75) is 20.4 Å². The van der Waals surface area contributed by atoms with Crippen LogP contribution in [0, 0.1) is 29.8 Å². The Morgan fingerprint density at radius 3 is 2.61 bits per heavy atom. The summed E-state index contributed by atoms with van der Waals surface area (Å²) in [5, 5.41) is 17.9. The van der Waals surface area contributed by atoms with Gasteiger partial charge in [-0.15, -0.1) is 11.3 Å². The lowest BCUT2D eigenvalue weighted by Gasteiger charge is -2.00. The van der Waals surface area contributed by atoms with Crippen molar-refractivity contribution in [3.05, 3.63) is 62.7 Å². The van der Waals surface area contributed by atoms with Crippen molar-refractivity contribution < 1.29 is 9.31 Å². The highest BCUT2D eigenvalue weighted by molar-refractivity contribution is 7.13. The van der Waals surface area contributed by atoms with Gasteiger partial charge in [0.2, 0.25) is 0 Å². The molecule has 0 saturated carbocycles. The molecule has 3 rings (SSSR count). The van der Waals surface area contributed by atoms with Gasteiger partial charge in [0.15, 0.2) is 0 Å². The standard InChI is InChI=1S/C15H13FN4O2S/c1-9-14(20(21)22)10(2)19(18-9)7-13-8-23-15(17-13)11-3-5-12(16)6-4-11/h3-6,8H,7H2,1-2H3. The number of hydrogen-bond donors (Lipinski definition) is 0. The Hall–Kier alpha value is -2.61. The van der Waals surface area contributed by atoms with Gasteiger partial charge in [-0.1, -0.05) is 0 Å². The first-order chi connectivity index (χ1) is 11.0. The zero-order chi connectivity index (χ0) is 16.6. The van der Waals surface area contributed by atoms with E-state index in [0.717, 1.165) is 16.3 Å². The lowest BCUT2D eigenvalue weighted by molar-refractivity contribution is -0.386. The van der Waals surface area contributed by atoms with Crippen LogP contribution in [0.3, 0.4) is 0 Å². The molecule has 0 amide bonds. The van der Waals surface area contributed by atoms with Gasteiger partial charge in [-0.25, -0.2) is 9.37 Å². The predicted molar refractivity (Wildman–Crippen MR) is 85.0 cm³/mol. The van der Waals surface area contributed by atoms with Crippen LogP contribution in [0.2, 0.25) is 0 Å². The van der Waals surface area contributed by atoms with Crippen molar-refractivity contribution in [2.24, 2.45) is 0 Å². The fourth-order valence-electron chi connectivity index (χ4n) is 2.36. The molecule has 2 aromatic heterocycles. The average molecular weight is 332 g/mol. The first kappa shape index (κ1) is 15.3. The third-order valence-corrected chi connectivity index (χ3v) is 4.42. The molecular weight excluding hydrogens is 319 g/mol. The number of thiazole rings is 1. The Balaban J connectivity index is 1.86. The molecule has 0 N–H and O–H groups in total. The van der Waals surface area contributed by atoms with Crippen molar-refractivity contribution in [3.8, 4) is 10.6 Å². The summed E-state index contributed by atoms with van der Waals surface area (Å²) < 4.78 is 14.5. The number of aryl methyl sites for hydroxylation is 1. The van der Waals surface area contributed by atoms with E-state index >= 15 is 0 Å². The van der Waals surface area contributed by atoms with Crippen LogP contribution < -0.4 is 0 Å². The molecule has 0 unspecified atom stereocenters. The Kier molecular flexibility index (Phi) is 3.91. The molecule has 0 atom stereocenters. The second-order valence-corrected chi connectivity index (χ2v) is 5.94. The summed E-state index contributed by atoms with van der Waals surface area (Å²) in [5.74, 6) is -0.291. The summed E-state index contributed by atoms with van der Waals surface area (Å²) in [6.07, 6.45) is 0. The molecule has 3 aromatic rings. The van der Waals surface area contributed by atoms with Crippen LogP contribution >= 0.6 is 11.3 Å². The van der Waals surface area contributed by atoms with E-state index in [9.17, 15) is 14.5 Å². The minimum absolute atomic E-state index is 0.0407. The Morgan fingerprint density at radius 1 is 1.30 bits per heavy atom. The predicted octanol–water partition coefficient (Wildman–Crippen LogP) is 3.72. The van der Waals surface area contributed by atoms with E-state index in [0.29, 0.717) is 17.9 Å². The van der Waals surface area contributed by atoms with Crippen LogP contribution in [-0.2, 0) is 6.54 Å². The molecular formula is C15H13FN4O2S. The van der Waals surface area contributed by atoms with Crippen molar-refractivity contribution in [1.82, 2.24) is 14.8 Å². The summed E-state index contributed by atoms with van der Waals surface area (Å²) in [4.78, 5) is 15.1. The van der Waals surface area contributed by atoms with E-state index in [1.165, 1.54) is 23.5 Å². The van der Waals surface area contributed by atoms with Crippen LogP contribution in [-0.4, -0.2) is 19.7 Å². The zero-order valence-electron chi connectivity index (χ0n) is 12.5. The van der Waals surface area contributed by atoms with Gasteiger partial charge in [-0.2, -0.15) is 5.10 Å². The van der Waals surface area contributed by atoms with Crippen molar-refractivity contribution in [1.29, 1.82) is 0 Å². The quantitative estimate of drug-likeness (QED) is 0.539. The van der Waals surface area contributed by atoms with Gasteiger partial charge in [-0.05, 0) is 38.1 Å². The average Bonchev–Trinajstić information content (AvgIpc) is 3.05. The molecule has 0 fully saturated rings. The van der Waals surface area contributed by atoms with Crippen molar-refractivity contribution in [3.63, 3.8) is 0 Å². The molecule has 0 aliphatic rings. The van der Waals surface area contributed by atoms with E-state index in [1.807, 2.05) is 5.38 Å². The molecule has 6 nitrogen and oxygen atoms in total. The molecule has 118 valence electrons. The topological polar surface area (TPSA) is 73.8 Å². The zero-order valence-corrected chi connectivity index (χ0v) is 13.3. The van der Waals surface area contributed by atoms with Gasteiger partial charge in [-0.3, -0.25) is 14.8 Å². The molecule has 0 aliphatic carbocycles. The maximum atomic E-state index is 13.0. The first-order valence-electron chi connectivity index (χ1n) is 6.84. The third-order valence-electron chi connectivity index (χ3n) is 3.48. The minimum atomic E-state index is -0.418. The van der Waals surface area contributed by atoms with Crippen molar-refractivity contribution >= 4 is 17.0 Å². The van der Waals surface area contributed by atoms with Crippen LogP contribution in [0.1, 0.15) is 17.1 Å². The molecule has 2 heterocycles. The van der Waals surface area contributed by atoms with E-state index in [1.54, 1.807) is 30.7 Å². The highest BCUT2D eigenvalue weighted by atomic mass is 32.1. The number of aromatic nitrogens is 3. The summed E-state index contributed by atoms with van der Waals surface area (Å²) in [7, 11) is 0. The molecule has 0 saturated heterocycles. The third kappa shape index (κ3) is 2.98. The van der Waals surface area contributed by atoms with E-state index < -0.39 is 4.92 Å². The number of halogens is 1. The van der Waals surface area contributed by atoms with Gasteiger partial charge in [0.05, 0.1) is 17.2 Å². The number of rotatable bonds is 4. The largest absolute Gasteiger partial charge is 0.312 e. The Bertz CT molecular complexity index is 870. The minimum Gasteiger partial charge on any atom is -0.258 e. The summed E-state index contributed by atoms with van der Waals surface area (Å²) in [6, 6.07) is 6.12. The van der Waals surface area contributed by atoms with Crippen LogP contribution in [0.5, 0.6) is 0 Å². The molecule has 1 aromatic carbocycles. The van der Waals surface area contributed by atoms with Crippen molar-refractivity contribution in [2.75, 3.05) is 0 Å². The van der Waals surface area contributed by atoms with Gasteiger partial charge < -0.3 is 0 Å². The van der Waals surface area contributed by atoms with Gasteiger partial charge in [0.1, 0.15) is 22.2 Å². The molecule has 23 heavy (non-hydrogen) atoms. The maximum Gasteiger partial charge on any atom is 0.312 e. The summed E-state index contributed by atoms with van der Waals surface area (Å²) in [5.41, 5.74) is 2.53. The maximum absolute atomic E-state index is 13.0. The van der Waals surface area contributed by atoms with Gasteiger partial charge >= 0.3 is 5.69 Å². The van der Waals surface area contributed by atoms with Crippen LogP contribution in [0.15, 0.2) is 29.6 Å². The van der Waals surface area contributed by atoms with E-state index in [-0.39, 0.29) is 11.5 Å². The SMILES string of the molecule is Cc1nn(Cc2csc(-c3ccc(F)cc3)n2)c(C)c1[N+](=O)[O-]. The fraction of sp³-hybridized carbons (Fsp3) is 0.200. The second kappa shape index (κ2) is 5.88. The molecule has 0 bridgehead atoms. The highest BCUT2D eigenvalue weighted by Crippen LogP contribution is 2.26. The van der Waals surface area contributed by atoms with E-state index in [2.05, 4.69) is 10.1 Å². The number of nitro groups is 1.